The van der Waals surface area contributed by atoms with E-state index in [1.807, 2.05) is 29.6 Å². The molecule has 0 heterocycles. The smallest absolute Gasteiger partial charge is 0.314 e. The van der Waals surface area contributed by atoms with E-state index in [0.717, 1.165) is 29.0 Å². The van der Waals surface area contributed by atoms with E-state index in [1.54, 1.807) is 18.2 Å². The summed E-state index contributed by atoms with van der Waals surface area (Å²) in [7, 11) is 0. The zero-order chi connectivity index (χ0) is 17.1. The summed E-state index contributed by atoms with van der Waals surface area (Å²) in [5.74, 6) is -4.09. The summed E-state index contributed by atoms with van der Waals surface area (Å²) in [5.41, 5.74) is -0.251. The molecule has 0 aliphatic carbocycles. The summed E-state index contributed by atoms with van der Waals surface area (Å²) in [5, 5.41) is 6.20. The van der Waals surface area contributed by atoms with Gasteiger partial charge in [-0.25, -0.2) is 8.78 Å². The van der Waals surface area contributed by atoms with E-state index in [0.29, 0.717) is 5.69 Å². The molecule has 0 aliphatic rings. The Bertz CT molecular complexity index is 921. The normalized spacial score (nSPS) is 10.4. The highest BCUT2D eigenvalue weighted by atomic mass is 19.1. The highest BCUT2D eigenvalue weighted by molar-refractivity contribution is 6.43. The molecule has 0 saturated carbocycles. The third-order valence-corrected chi connectivity index (χ3v) is 3.41. The Morgan fingerprint density at radius 3 is 2.04 bits per heavy atom. The number of nitrogens with one attached hydrogen (secondary N) is 2. The van der Waals surface area contributed by atoms with E-state index in [4.69, 9.17) is 0 Å². The molecule has 0 bridgehead atoms. The van der Waals surface area contributed by atoms with Crippen molar-refractivity contribution in [1.82, 2.24) is 0 Å². The highest BCUT2D eigenvalue weighted by Gasteiger charge is 2.18. The van der Waals surface area contributed by atoms with Gasteiger partial charge in [0.05, 0.1) is 0 Å². The predicted octanol–water partition coefficient (Wildman–Crippen LogP) is 3.70. The number of hydrogen-bond acceptors (Lipinski definition) is 2. The summed E-state index contributed by atoms with van der Waals surface area (Å²) in [6, 6.07) is 15.8. The second kappa shape index (κ2) is 6.45. The van der Waals surface area contributed by atoms with Gasteiger partial charge in [0.1, 0.15) is 17.3 Å². The molecule has 0 spiro atoms. The van der Waals surface area contributed by atoms with Crippen molar-refractivity contribution in [2.24, 2.45) is 0 Å². The molecule has 0 unspecified atom stereocenters. The SMILES string of the molecule is O=C(Nc1ccc2ccccc2c1)C(=O)Nc1c(F)cccc1F. The van der Waals surface area contributed by atoms with Gasteiger partial charge < -0.3 is 10.6 Å². The van der Waals surface area contributed by atoms with Crippen molar-refractivity contribution in [3.63, 3.8) is 0 Å². The van der Waals surface area contributed by atoms with Crippen molar-refractivity contribution in [3.05, 3.63) is 72.3 Å². The fourth-order valence-electron chi connectivity index (χ4n) is 2.24. The number of anilines is 2. The zero-order valence-electron chi connectivity index (χ0n) is 12.3. The predicted molar refractivity (Wildman–Crippen MR) is 87.6 cm³/mol. The first-order chi connectivity index (χ1) is 11.5. The van der Waals surface area contributed by atoms with Crippen LogP contribution < -0.4 is 10.6 Å². The van der Waals surface area contributed by atoms with Crippen LogP contribution in [0.5, 0.6) is 0 Å². The lowest BCUT2D eigenvalue weighted by Gasteiger charge is -2.08. The molecule has 0 aliphatic heterocycles. The van der Waals surface area contributed by atoms with Crippen molar-refractivity contribution in [2.45, 2.75) is 0 Å². The average molecular weight is 326 g/mol. The molecule has 0 radical (unpaired) electrons. The van der Waals surface area contributed by atoms with Crippen LogP contribution in [0.25, 0.3) is 10.8 Å². The maximum absolute atomic E-state index is 13.5. The van der Waals surface area contributed by atoms with Crippen LogP contribution in [-0.4, -0.2) is 11.8 Å². The molecule has 0 fully saturated rings. The minimum atomic E-state index is -1.16. The Hall–Kier alpha value is -3.28. The molecular formula is C18H12F2N2O2. The van der Waals surface area contributed by atoms with Crippen molar-refractivity contribution in [3.8, 4) is 0 Å². The number of fused-ring (bicyclic) bond motifs is 1. The lowest BCUT2D eigenvalue weighted by molar-refractivity contribution is -0.133. The number of benzene rings is 3. The van der Waals surface area contributed by atoms with Gasteiger partial charge in [-0.3, -0.25) is 9.59 Å². The van der Waals surface area contributed by atoms with Crippen LogP contribution in [0.15, 0.2) is 60.7 Å². The van der Waals surface area contributed by atoms with Crippen molar-refractivity contribution >= 4 is 34.0 Å². The first-order valence-corrected chi connectivity index (χ1v) is 7.10. The molecule has 0 saturated heterocycles. The maximum Gasteiger partial charge on any atom is 0.314 e. The van der Waals surface area contributed by atoms with Gasteiger partial charge in [0.2, 0.25) is 0 Å². The van der Waals surface area contributed by atoms with E-state index in [1.165, 1.54) is 0 Å². The molecule has 4 nitrogen and oxygen atoms in total. The number of halogens is 2. The number of para-hydroxylation sites is 1. The second-order valence-corrected chi connectivity index (χ2v) is 5.07. The van der Waals surface area contributed by atoms with Gasteiger partial charge in [-0.15, -0.1) is 0 Å². The second-order valence-electron chi connectivity index (χ2n) is 5.07. The van der Waals surface area contributed by atoms with E-state index >= 15 is 0 Å². The highest BCUT2D eigenvalue weighted by Crippen LogP contribution is 2.20. The molecular weight excluding hydrogens is 314 g/mol. The Balaban J connectivity index is 1.75. The summed E-state index contributed by atoms with van der Waals surface area (Å²) >= 11 is 0. The van der Waals surface area contributed by atoms with Crippen LogP contribution in [0, 0.1) is 11.6 Å². The monoisotopic (exact) mass is 326 g/mol. The average Bonchev–Trinajstić information content (AvgIpc) is 2.58. The van der Waals surface area contributed by atoms with Crippen molar-refractivity contribution in [1.29, 1.82) is 0 Å². The summed E-state index contributed by atoms with van der Waals surface area (Å²) in [6.07, 6.45) is 0. The molecule has 120 valence electrons. The number of carbonyl (C=O) groups excluding carboxylic acids is 2. The standard InChI is InChI=1S/C18H12F2N2O2/c19-14-6-3-7-15(20)16(14)22-18(24)17(23)21-13-9-8-11-4-1-2-5-12(11)10-13/h1-10H,(H,21,23)(H,22,24). The van der Waals surface area contributed by atoms with Crippen LogP contribution in [0.4, 0.5) is 20.2 Å². The van der Waals surface area contributed by atoms with Crippen molar-refractivity contribution in [2.75, 3.05) is 10.6 Å². The minimum Gasteiger partial charge on any atom is -0.318 e. The number of amides is 2. The Labute approximate surface area is 136 Å². The topological polar surface area (TPSA) is 58.2 Å². The number of carbonyl (C=O) groups is 2. The van der Waals surface area contributed by atoms with Crippen LogP contribution in [0.3, 0.4) is 0 Å². The van der Waals surface area contributed by atoms with E-state index in [9.17, 15) is 18.4 Å². The lowest BCUT2D eigenvalue weighted by atomic mass is 10.1. The van der Waals surface area contributed by atoms with Crippen LogP contribution in [0.1, 0.15) is 0 Å². The molecule has 0 aromatic heterocycles. The van der Waals surface area contributed by atoms with E-state index in [-0.39, 0.29) is 0 Å². The largest absolute Gasteiger partial charge is 0.318 e. The molecule has 3 aromatic carbocycles. The first-order valence-electron chi connectivity index (χ1n) is 7.10. The first kappa shape index (κ1) is 15.6. The molecule has 6 heteroatoms. The van der Waals surface area contributed by atoms with Gasteiger partial charge in [-0.1, -0.05) is 36.4 Å². The van der Waals surface area contributed by atoms with Gasteiger partial charge in [-0.05, 0) is 35.0 Å². The Morgan fingerprint density at radius 2 is 1.33 bits per heavy atom. The molecule has 24 heavy (non-hydrogen) atoms. The molecule has 2 amide bonds. The van der Waals surface area contributed by atoms with Crippen LogP contribution >= 0.6 is 0 Å². The third-order valence-electron chi connectivity index (χ3n) is 3.41. The van der Waals surface area contributed by atoms with Crippen LogP contribution in [0.2, 0.25) is 0 Å². The maximum atomic E-state index is 13.5. The Morgan fingerprint density at radius 1 is 0.708 bits per heavy atom. The number of rotatable bonds is 2. The Kier molecular flexibility index (Phi) is 4.20. The quantitative estimate of drug-likeness (QED) is 0.706. The number of hydrogen-bond donors (Lipinski definition) is 2. The minimum absolute atomic E-state index is 0.405. The van der Waals surface area contributed by atoms with Crippen molar-refractivity contribution < 1.29 is 18.4 Å². The van der Waals surface area contributed by atoms with E-state index < -0.39 is 29.1 Å². The molecule has 0 atom stereocenters. The summed E-state index contributed by atoms with van der Waals surface area (Å²) in [4.78, 5) is 23.7. The molecule has 2 N–H and O–H groups in total. The lowest BCUT2D eigenvalue weighted by Crippen LogP contribution is -2.29. The van der Waals surface area contributed by atoms with E-state index in [2.05, 4.69) is 5.32 Å². The van der Waals surface area contributed by atoms with Gasteiger partial charge in [0.15, 0.2) is 0 Å². The molecule has 3 rings (SSSR count). The third kappa shape index (κ3) is 3.22. The van der Waals surface area contributed by atoms with Gasteiger partial charge in [-0.2, -0.15) is 0 Å². The molecule has 3 aromatic rings. The fraction of sp³-hybridized carbons (Fsp3) is 0. The zero-order valence-corrected chi connectivity index (χ0v) is 12.3. The van der Waals surface area contributed by atoms with Crippen LogP contribution in [-0.2, 0) is 9.59 Å². The summed E-state index contributed by atoms with van der Waals surface area (Å²) in [6.45, 7) is 0. The van der Waals surface area contributed by atoms with Gasteiger partial charge in [0, 0.05) is 5.69 Å². The van der Waals surface area contributed by atoms with Gasteiger partial charge in [0.25, 0.3) is 0 Å². The fourth-order valence-corrected chi connectivity index (χ4v) is 2.24. The summed E-state index contributed by atoms with van der Waals surface area (Å²) < 4.78 is 27.0. The van der Waals surface area contributed by atoms with Gasteiger partial charge >= 0.3 is 11.8 Å².